The third-order valence-corrected chi connectivity index (χ3v) is 5.01. The van der Waals surface area contributed by atoms with Crippen LogP contribution in [0.15, 0.2) is 11.2 Å². The molecule has 6 heteroatoms. The van der Waals surface area contributed by atoms with E-state index < -0.39 is 0 Å². The van der Waals surface area contributed by atoms with Crippen LogP contribution in [-0.4, -0.2) is 31.3 Å². The summed E-state index contributed by atoms with van der Waals surface area (Å²) in [7, 11) is 0. The number of rotatable bonds is 8. The van der Waals surface area contributed by atoms with E-state index in [1.165, 1.54) is 11.8 Å². The van der Waals surface area contributed by atoms with Crippen LogP contribution in [0, 0.1) is 19.8 Å². The van der Waals surface area contributed by atoms with Gasteiger partial charge in [0.1, 0.15) is 5.82 Å². The molecule has 2 aromatic heterocycles. The van der Waals surface area contributed by atoms with Gasteiger partial charge in [-0.3, -0.25) is 9.89 Å². The van der Waals surface area contributed by atoms with Crippen LogP contribution in [0.1, 0.15) is 67.6 Å². The zero-order chi connectivity index (χ0) is 17.9. The molecule has 0 aliphatic rings. The molecule has 0 bridgehead atoms. The van der Waals surface area contributed by atoms with Gasteiger partial charge in [-0.25, -0.2) is 4.98 Å². The second kappa shape index (κ2) is 8.01. The van der Waals surface area contributed by atoms with Gasteiger partial charge in [-0.05, 0) is 32.3 Å². The van der Waals surface area contributed by atoms with E-state index in [1.807, 2.05) is 13.0 Å². The largest absolute Gasteiger partial charge is 0.348 e. The second-order valence-electron chi connectivity index (χ2n) is 6.99. The molecule has 0 fully saturated rings. The van der Waals surface area contributed by atoms with Crippen LogP contribution in [0.5, 0.6) is 0 Å². The normalized spacial score (nSPS) is 11.7. The standard InChI is InChI=1S/C18H28N4OS/c1-11(2)7-8-22-13(5)9-15(14(22)6)16(23)10-24-18-19-17(12(3)4)20-21-18/h9,11-12H,7-8,10H2,1-6H3,(H,19,20,21). The maximum Gasteiger partial charge on any atom is 0.208 e. The minimum Gasteiger partial charge on any atom is -0.348 e. The van der Waals surface area contributed by atoms with Crippen LogP contribution in [0.4, 0.5) is 0 Å². The number of ketones is 1. The van der Waals surface area contributed by atoms with E-state index in [-0.39, 0.29) is 5.78 Å². The Morgan fingerprint density at radius 2 is 2.00 bits per heavy atom. The Morgan fingerprint density at radius 3 is 2.58 bits per heavy atom. The van der Waals surface area contributed by atoms with Gasteiger partial charge in [0.25, 0.3) is 0 Å². The average Bonchev–Trinajstić information content (AvgIpc) is 3.08. The molecule has 2 rings (SSSR count). The number of nitrogens with one attached hydrogen (secondary N) is 1. The molecule has 0 unspecified atom stereocenters. The number of aromatic nitrogens is 4. The number of carbonyl (C=O) groups is 1. The van der Waals surface area contributed by atoms with E-state index in [2.05, 4.69) is 54.4 Å². The van der Waals surface area contributed by atoms with Crippen molar-refractivity contribution in [3.8, 4) is 0 Å². The quantitative estimate of drug-likeness (QED) is 0.568. The lowest BCUT2D eigenvalue weighted by Crippen LogP contribution is -2.08. The zero-order valence-corrected chi connectivity index (χ0v) is 16.3. The Labute approximate surface area is 148 Å². The van der Waals surface area contributed by atoms with E-state index in [4.69, 9.17) is 0 Å². The second-order valence-corrected chi connectivity index (χ2v) is 7.93. The Morgan fingerprint density at radius 1 is 1.29 bits per heavy atom. The minimum atomic E-state index is 0.139. The zero-order valence-electron chi connectivity index (χ0n) is 15.5. The van der Waals surface area contributed by atoms with Gasteiger partial charge >= 0.3 is 0 Å². The maximum atomic E-state index is 12.6. The molecule has 24 heavy (non-hydrogen) atoms. The SMILES string of the molecule is Cc1cc(C(=O)CSc2n[nH]c(C(C)C)n2)c(C)n1CCC(C)C. The predicted molar refractivity (Wildman–Crippen MR) is 98.9 cm³/mol. The van der Waals surface area contributed by atoms with E-state index in [9.17, 15) is 4.79 Å². The molecule has 2 heterocycles. The fourth-order valence-electron chi connectivity index (χ4n) is 2.60. The van der Waals surface area contributed by atoms with Crippen molar-refractivity contribution in [3.63, 3.8) is 0 Å². The van der Waals surface area contributed by atoms with Gasteiger partial charge in [0, 0.05) is 29.4 Å². The van der Waals surface area contributed by atoms with Crippen LogP contribution in [0.3, 0.4) is 0 Å². The first-order chi connectivity index (χ1) is 11.3. The molecule has 0 spiro atoms. The van der Waals surface area contributed by atoms with Crippen molar-refractivity contribution < 1.29 is 4.79 Å². The lowest BCUT2D eigenvalue weighted by molar-refractivity contribution is 0.102. The summed E-state index contributed by atoms with van der Waals surface area (Å²) >= 11 is 1.39. The Bertz CT molecular complexity index is 700. The topological polar surface area (TPSA) is 63.6 Å². The number of hydrogen-bond acceptors (Lipinski definition) is 4. The van der Waals surface area contributed by atoms with Gasteiger partial charge in [-0.1, -0.05) is 39.5 Å². The van der Waals surface area contributed by atoms with Gasteiger partial charge in [0.15, 0.2) is 5.78 Å². The number of nitrogens with zero attached hydrogens (tertiary/aromatic N) is 3. The van der Waals surface area contributed by atoms with Crippen molar-refractivity contribution in [1.82, 2.24) is 19.7 Å². The number of carbonyl (C=O) groups excluding carboxylic acids is 1. The lowest BCUT2D eigenvalue weighted by atomic mass is 10.1. The Kier molecular flexibility index (Phi) is 6.27. The molecule has 5 nitrogen and oxygen atoms in total. The maximum absolute atomic E-state index is 12.6. The van der Waals surface area contributed by atoms with Crippen LogP contribution >= 0.6 is 11.8 Å². The molecule has 0 saturated carbocycles. The smallest absolute Gasteiger partial charge is 0.208 e. The van der Waals surface area contributed by atoms with E-state index in [0.29, 0.717) is 22.7 Å². The third kappa shape index (κ3) is 4.50. The molecular formula is C18H28N4OS. The molecule has 0 aromatic carbocycles. The van der Waals surface area contributed by atoms with Gasteiger partial charge in [-0.15, -0.1) is 5.10 Å². The van der Waals surface area contributed by atoms with E-state index in [0.717, 1.165) is 35.7 Å². The summed E-state index contributed by atoms with van der Waals surface area (Å²) in [5.41, 5.74) is 3.04. The monoisotopic (exact) mass is 348 g/mol. The third-order valence-electron chi connectivity index (χ3n) is 4.17. The average molecular weight is 349 g/mol. The summed E-state index contributed by atoms with van der Waals surface area (Å²) < 4.78 is 2.25. The summed E-state index contributed by atoms with van der Waals surface area (Å²) in [6, 6.07) is 2.01. The highest BCUT2D eigenvalue weighted by Crippen LogP contribution is 2.21. The van der Waals surface area contributed by atoms with Crippen molar-refractivity contribution in [1.29, 1.82) is 0 Å². The first-order valence-electron chi connectivity index (χ1n) is 8.54. The fraction of sp³-hybridized carbons (Fsp3) is 0.611. The first kappa shape index (κ1) is 18.8. The van der Waals surface area contributed by atoms with Crippen molar-refractivity contribution in [2.75, 3.05) is 5.75 Å². The molecule has 2 aromatic rings. The Hall–Kier alpha value is -1.56. The van der Waals surface area contributed by atoms with Crippen LogP contribution < -0.4 is 0 Å². The fourth-order valence-corrected chi connectivity index (χ4v) is 3.29. The highest BCUT2D eigenvalue weighted by atomic mass is 32.2. The first-order valence-corrected chi connectivity index (χ1v) is 9.53. The highest BCUT2D eigenvalue weighted by molar-refractivity contribution is 7.99. The van der Waals surface area contributed by atoms with Gasteiger partial charge in [-0.2, -0.15) is 0 Å². The number of hydrogen-bond donors (Lipinski definition) is 1. The molecule has 0 radical (unpaired) electrons. The van der Waals surface area contributed by atoms with E-state index in [1.54, 1.807) is 0 Å². The number of aromatic amines is 1. The molecule has 0 saturated heterocycles. The Balaban J connectivity index is 2.02. The molecule has 132 valence electrons. The lowest BCUT2D eigenvalue weighted by Gasteiger charge is -2.11. The van der Waals surface area contributed by atoms with Crippen LogP contribution in [-0.2, 0) is 6.54 Å². The van der Waals surface area contributed by atoms with Gasteiger partial charge < -0.3 is 4.57 Å². The molecule has 0 aliphatic heterocycles. The van der Waals surface area contributed by atoms with Gasteiger partial charge in [0.05, 0.1) is 5.75 Å². The molecule has 0 aliphatic carbocycles. The molecular weight excluding hydrogens is 320 g/mol. The molecule has 0 atom stereocenters. The van der Waals surface area contributed by atoms with E-state index >= 15 is 0 Å². The number of H-pyrrole nitrogens is 1. The minimum absolute atomic E-state index is 0.139. The summed E-state index contributed by atoms with van der Waals surface area (Å²) in [6.07, 6.45) is 1.12. The summed E-state index contributed by atoms with van der Waals surface area (Å²) in [6.45, 7) is 13.6. The number of Topliss-reactive ketones (excluding diaryl/α,β-unsaturated/α-hetero) is 1. The predicted octanol–water partition coefficient (Wildman–Crippen LogP) is 4.37. The van der Waals surface area contributed by atoms with Crippen LogP contribution in [0.25, 0.3) is 0 Å². The summed E-state index contributed by atoms with van der Waals surface area (Å²) in [4.78, 5) is 17.0. The van der Waals surface area contributed by atoms with Crippen molar-refractivity contribution in [2.24, 2.45) is 5.92 Å². The van der Waals surface area contributed by atoms with Crippen molar-refractivity contribution >= 4 is 17.5 Å². The number of thioether (sulfide) groups is 1. The molecule has 0 amide bonds. The summed E-state index contributed by atoms with van der Waals surface area (Å²) in [5.74, 6) is 2.32. The van der Waals surface area contributed by atoms with Crippen molar-refractivity contribution in [3.05, 3.63) is 28.8 Å². The van der Waals surface area contributed by atoms with Crippen molar-refractivity contribution in [2.45, 2.75) is 65.6 Å². The molecule has 1 N–H and O–H groups in total. The van der Waals surface area contributed by atoms with Crippen LogP contribution in [0.2, 0.25) is 0 Å². The number of aryl methyl sites for hydroxylation is 1. The highest BCUT2D eigenvalue weighted by Gasteiger charge is 2.17. The summed E-state index contributed by atoms with van der Waals surface area (Å²) in [5, 5.41) is 7.73. The van der Waals surface area contributed by atoms with Gasteiger partial charge in [0.2, 0.25) is 5.16 Å².